The van der Waals surface area contributed by atoms with Crippen LogP contribution in [-0.2, 0) is 10.0 Å². The summed E-state index contributed by atoms with van der Waals surface area (Å²) in [6.07, 6.45) is 0.629. The zero-order chi connectivity index (χ0) is 15.7. The molecule has 2 N–H and O–H groups in total. The van der Waals surface area contributed by atoms with Gasteiger partial charge in [0.1, 0.15) is 0 Å². The summed E-state index contributed by atoms with van der Waals surface area (Å²) in [7, 11) is -3.21. The van der Waals surface area contributed by atoms with Crippen LogP contribution >= 0.6 is 0 Å². The van der Waals surface area contributed by atoms with Crippen molar-refractivity contribution < 1.29 is 13.2 Å². The summed E-state index contributed by atoms with van der Waals surface area (Å²) in [6.45, 7) is 6.15. The first-order valence-corrected chi connectivity index (χ1v) is 8.48. The van der Waals surface area contributed by atoms with Crippen molar-refractivity contribution in [3.63, 3.8) is 0 Å². The molecule has 0 atom stereocenters. The van der Waals surface area contributed by atoms with Crippen molar-refractivity contribution in [2.75, 3.05) is 21.9 Å². The van der Waals surface area contributed by atoms with Gasteiger partial charge in [-0.25, -0.2) is 13.2 Å². The summed E-state index contributed by atoms with van der Waals surface area (Å²) in [4.78, 5) is 11.8. The van der Waals surface area contributed by atoms with E-state index in [0.717, 1.165) is 0 Å². The molecule has 2 amide bonds. The maximum absolute atomic E-state index is 11.9. The number of carbonyl (C=O) groups excluding carboxylic acids is 1. The molecule has 1 aliphatic rings. The van der Waals surface area contributed by atoms with Crippen molar-refractivity contribution in [1.82, 2.24) is 5.32 Å². The fraction of sp³-hybridized carbons (Fsp3) is 0.500. The molecule has 0 aliphatic carbocycles. The van der Waals surface area contributed by atoms with E-state index in [-0.39, 0.29) is 17.3 Å². The van der Waals surface area contributed by atoms with Crippen LogP contribution in [0, 0.1) is 0 Å². The number of anilines is 2. The third kappa shape index (κ3) is 4.10. The standard InChI is InChI=1S/C14H21N3O3S/c1-14(2,3)16-13(18)15-11-6-4-7-12(10-11)17-8-5-9-21(17,19)20/h4,6-7,10H,5,8-9H2,1-3H3,(H2,15,16,18). The molecule has 0 aromatic heterocycles. The second kappa shape index (κ2) is 5.55. The Morgan fingerprint density at radius 3 is 2.57 bits per heavy atom. The molecular weight excluding hydrogens is 290 g/mol. The Labute approximate surface area is 125 Å². The van der Waals surface area contributed by atoms with E-state index in [2.05, 4.69) is 10.6 Å². The molecule has 116 valence electrons. The quantitative estimate of drug-likeness (QED) is 0.878. The van der Waals surface area contributed by atoms with Crippen LogP contribution in [0.15, 0.2) is 24.3 Å². The lowest BCUT2D eigenvalue weighted by Gasteiger charge is -2.21. The number of rotatable bonds is 2. The normalized spacial score (nSPS) is 17.6. The van der Waals surface area contributed by atoms with Gasteiger partial charge >= 0.3 is 6.03 Å². The number of amides is 2. The lowest BCUT2D eigenvalue weighted by Crippen LogP contribution is -2.43. The molecule has 0 saturated carbocycles. The van der Waals surface area contributed by atoms with E-state index < -0.39 is 10.0 Å². The average Bonchev–Trinajstić information content (AvgIpc) is 2.66. The average molecular weight is 311 g/mol. The monoisotopic (exact) mass is 311 g/mol. The molecule has 6 nitrogen and oxygen atoms in total. The van der Waals surface area contributed by atoms with Crippen LogP contribution in [0.3, 0.4) is 0 Å². The maximum atomic E-state index is 11.9. The third-order valence-corrected chi connectivity index (χ3v) is 4.85. The molecule has 21 heavy (non-hydrogen) atoms. The van der Waals surface area contributed by atoms with Crippen LogP contribution in [-0.4, -0.2) is 32.3 Å². The molecular formula is C14H21N3O3S. The number of benzene rings is 1. The molecule has 1 heterocycles. The Bertz CT molecular complexity index is 635. The number of nitrogens with zero attached hydrogens (tertiary/aromatic N) is 1. The van der Waals surface area contributed by atoms with Crippen LogP contribution in [0.2, 0.25) is 0 Å². The van der Waals surface area contributed by atoms with Crippen molar-refractivity contribution in [3.05, 3.63) is 24.3 Å². The van der Waals surface area contributed by atoms with E-state index in [1.165, 1.54) is 4.31 Å². The minimum atomic E-state index is -3.21. The Morgan fingerprint density at radius 1 is 1.29 bits per heavy atom. The summed E-state index contributed by atoms with van der Waals surface area (Å²) in [5.74, 6) is 0.176. The van der Waals surface area contributed by atoms with Gasteiger partial charge in [-0.15, -0.1) is 0 Å². The highest BCUT2D eigenvalue weighted by atomic mass is 32.2. The number of nitrogens with one attached hydrogen (secondary N) is 2. The highest BCUT2D eigenvalue weighted by molar-refractivity contribution is 7.93. The van der Waals surface area contributed by atoms with Gasteiger partial charge in [-0.2, -0.15) is 0 Å². The fourth-order valence-corrected chi connectivity index (χ4v) is 3.73. The van der Waals surface area contributed by atoms with Crippen LogP contribution < -0.4 is 14.9 Å². The number of sulfonamides is 1. The van der Waals surface area contributed by atoms with E-state index in [9.17, 15) is 13.2 Å². The lowest BCUT2D eigenvalue weighted by molar-refractivity contribution is 0.244. The summed E-state index contributed by atoms with van der Waals surface area (Å²) in [5.41, 5.74) is 0.817. The first-order chi connectivity index (χ1) is 9.67. The zero-order valence-electron chi connectivity index (χ0n) is 12.5. The molecule has 1 aromatic carbocycles. The fourth-order valence-electron chi connectivity index (χ4n) is 2.17. The molecule has 0 radical (unpaired) electrons. The van der Waals surface area contributed by atoms with Crippen LogP contribution in [0.5, 0.6) is 0 Å². The van der Waals surface area contributed by atoms with Crippen LogP contribution in [0.1, 0.15) is 27.2 Å². The molecule has 1 aliphatic heterocycles. The number of urea groups is 1. The molecule has 1 saturated heterocycles. The van der Waals surface area contributed by atoms with E-state index in [4.69, 9.17) is 0 Å². The van der Waals surface area contributed by atoms with Gasteiger partial charge in [-0.1, -0.05) is 6.07 Å². The van der Waals surface area contributed by atoms with Gasteiger partial charge in [-0.05, 0) is 45.4 Å². The highest BCUT2D eigenvalue weighted by Gasteiger charge is 2.28. The summed E-state index contributed by atoms with van der Waals surface area (Å²) < 4.78 is 25.2. The van der Waals surface area contributed by atoms with E-state index >= 15 is 0 Å². The van der Waals surface area contributed by atoms with Crippen molar-refractivity contribution in [3.8, 4) is 0 Å². The smallest absolute Gasteiger partial charge is 0.319 e. The Balaban J connectivity index is 2.13. The van der Waals surface area contributed by atoms with Gasteiger partial charge in [0.05, 0.1) is 11.4 Å². The first kappa shape index (κ1) is 15.6. The van der Waals surface area contributed by atoms with Crippen LogP contribution in [0.4, 0.5) is 16.2 Å². The van der Waals surface area contributed by atoms with Crippen molar-refractivity contribution in [1.29, 1.82) is 0 Å². The van der Waals surface area contributed by atoms with E-state index in [1.807, 2.05) is 20.8 Å². The highest BCUT2D eigenvalue weighted by Crippen LogP contribution is 2.26. The topological polar surface area (TPSA) is 78.5 Å². The van der Waals surface area contributed by atoms with Crippen molar-refractivity contribution in [2.24, 2.45) is 0 Å². The number of hydrogen-bond acceptors (Lipinski definition) is 3. The van der Waals surface area contributed by atoms with Crippen molar-refractivity contribution >= 4 is 27.4 Å². The minimum Gasteiger partial charge on any atom is -0.333 e. The lowest BCUT2D eigenvalue weighted by atomic mass is 10.1. The maximum Gasteiger partial charge on any atom is 0.319 e. The SMILES string of the molecule is CC(C)(C)NC(=O)Nc1cccc(N2CCCS2(=O)=O)c1. The molecule has 0 unspecified atom stereocenters. The predicted octanol–water partition coefficient (Wildman–Crippen LogP) is 2.15. The van der Waals surface area contributed by atoms with Crippen molar-refractivity contribution in [2.45, 2.75) is 32.7 Å². The summed E-state index contributed by atoms with van der Waals surface area (Å²) in [6, 6.07) is 6.55. The molecule has 0 bridgehead atoms. The van der Waals surface area contributed by atoms with Gasteiger partial charge < -0.3 is 10.6 Å². The van der Waals surface area contributed by atoms with E-state index in [1.54, 1.807) is 24.3 Å². The molecule has 1 aromatic rings. The zero-order valence-corrected chi connectivity index (χ0v) is 13.3. The molecule has 1 fully saturated rings. The largest absolute Gasteiger partial charge is 0.333 e. The first-order valence-electron chi connectivity index (χ1n) is 6.87. The van der Waals surface area contributed by atoms with Gasteiger partial charge in [0.15, 0.2) is 0 Å². The minimum absolute atomic E-state index is 0.176. The Morgan fingerprint density at radius 2 is 2.00 bits per heavy atom. The van der Waals surface area contributed by atoms with Gasteiger partial charge in [0.2, 0.25) is 10.0 Å². The summed E-state index contributed by atoms with van der Waals surface area (Å²) in [5, 5.41) is 5.51. The van der Waals surface area contributed by atoms with Gasteiger partial charge in [0, 0.05) is 17.8 Å². The Kier molecular flexibility index (Phi) is 4.13. The van der Waals surface area contributed by atoms with Gasteiger partial charge in [-0.3, -0.25) is 4.31 Å². The second-order valence-corrected chi connectivity index (χ2v) is 8.13. The molecule has 7 heteroatoms. The summed E-state index contributed by atoms with van der Waals surface area (Å²) >= 11 is 0. The predicted molar refractivity (Wildman–Crippen MR) is 84.1 cm³/mol. The van der Waals surface area contributed by atoms with Crippen LogP contribution in [0.25, 0.3) is 0 Å². The number of carbonyl (C=O) groups is 1. The van der Waals surface area contributed by atoms with Gasteiger partial charge in [0.25, 0.3) is 0 Å². The molecule has 2 rings (SSSR count). The second-order valence-electron chi connectivity index (χ2n) is 6.12. The Hall–Kier alpha value is -1.76. The number of hydrogen-bond donors (Lipinski definition) is 2. The molecule has 0 spiro atoms. The third-order valence-electron chi connectivity index (χ3n) is 2.98. The van der Waals surface area contributed by atoms with E-state index in [0.29, 0.717) is 24.3 Å².